The van der Waals surface area contributed by atoms with Crippen molar-refractivity contribution in [3.05, 3.63) is 29.1 Å². The molecule has 1 aliphatic rings. The molecule has 1 amide bonds. The summed E-state index contributed by atoms with van der Waals surface area (Å²) in [6.07, 6.45) is 1.25. The van der Waals surface area contributed by atoms with E-state index >= 15 is 0 Å². The lowest BCUT2D eigenvalue weighted by atomic mass is 9.93. The topological polar surface area (TPSA) is 94.3 Å². The van der Waals surface area contributed by atoms with Crippen molar-refractivity contribution in [2.24, 2.45) is 5.92 Å². The SMILES string of the molecule is Cc1nc(C(=O)N2CC(C(=O)O)CCC2C)ccc1C#N. The number of nitriles is 1. The number of hydrogen-bond acceptors (Lipinski definition) is 4. The minimum atomic E-state index is -0.872. The summed E-state index contributed by atoms with van der Waals surface area (Å²) in [5.74, 6) is -1.67. The fraction of sp³-hybridized carbons (Fsp3) is 0.467. The van der Waals surface area contributed by atoms with Crippen LogP contribution in [0.2, 0.25) is 0 Å². The molecule has 1 N–H and O–H groups in total. The van der Waals surface area contributed by atoms with Gasteiger partial charge in [-0.2, -0.15) is 5.26 Å². The fourth-order valence-corrected chi connectivity index (χ4v) is 2.54. The normalized spacial score (nSPS) is 21.7. The lowest BCUT2D eigenvalue weighted by Gasteiger charge is -2.36. The van der Waals surface area contributed by atoms with Crippen LogP contribution in [0.5, 0.6) is 0 Å². The highest BCUT2D eigenvalue weighted by atomic mass is 16.4. The zero-order valence-corrected chi connectivity index (χ0v) is 12.0. The largest absolute Gasteiger partial charge is 0.481 e. The Morgan fingerprint density at radius 1 is 1.43 bits per heavy atom. The zero-order chi connectivity index (χ0) is 15.6. The first-order chi connectivity index (χ1) is 9.93. The molecule has 0 aliphatic carbocycles. The zero-order valence-electron chi connectivity index (χ0n) is 12.0. The summed E-state index contributed by atoms with van der Waals surface area (Å²) in [7, 11) is 0. The van der Waals surface area contributed by atoms with Crippen LogP contribution in [-0.4, -0.2) is 39.5 Å². The van der Waals surface area contributed by atoms with Crippen molar-refractivity contribution in [1.29, 1.82) is 5.26 Å². The van der Waals surface area contributed by atoms with Crippen LogP contribution >= 0.6 is 0 Å². The smallest absolute Gasteiger partial charge is 0.308 e. The van der Waals surface area contributed by atoms with E-state index in [0.29, 0.717) is 24.1 Å². The Labute approximate surface area is 123 Å². The molecule has 110 valence electrons. The van der Waals surface area contributed by atoms with Crippen molar-refractivity contribution in [1.82, 2.24) is 9.88 Å². The number of carbonyl (C=O) groups excluding carboxylic acids is 1. The third-order valence-electron chi connectivity index (χ3n) is 3.92. The third kappa shape index (κ3) is 3.02. The van der Waals surface area contributed by atoms with Crippen LogP contribution in [-0.2, 0) is 4.79 Å². The van der Waals surface area contributed by atoms with Crippen LogP contribution in [0.25, 0.3) is 0 Å². The molecule has 1 aromatic rings. The molecule has 2 heterocycles. The Balaban J connectivity index is 2.24. The van der Waals surface area contributed by atoms with Gasteiger partial charge in [-0.05, 0) is 38.8 Å². The van der Waals surface area contributed by atoms with Crippen LogP contribution in [0.1, 0.15) is 41.5 Å². The summed E-state index contributed by atoms with van der Waals surface area (Å²) in [5.41, 5.74) is 1.19. The number of aromatic nitrogens is 1. The van der Waals surface area contributed by atoms with E-state index in [1.165, 1.54) is 6.07 Å². The summed E-state index contributed by atoms with van der Waals surface area (Å²) < 4.78 is 0. The van der Waals surface area contributed by atoms with Gasteiger partial charge in [0, 0.05) is 12.6 Å². The summed E-state index contributed by atoms with van der Waals surface area (Å²) in [6.45, 7) is 3.79. The first-order valence-electron chi connectivity index (χ1n) is 6.85. The number of carbonyl (C=O) groups is 2. The number of carboxylic acids is 1. The molecule has 2 atom stereocenters. The first-order valence-corrected chi connectivity index (χ1v) is 6.85. The van der Waals surface area contributed by atoms with Crippen LogP contribution in [0.4, 0.5) is 0 Å². The quantitative estimate of drug-likeness (QED) is 0.891. The van der Waals surface area contributed by atoms with E-state index in [2.05, 4.69) is 4.98 Å². The molecule has 0 aromatic carbocycles. The monoisotopic (exact) mass is 287 g/mol. The Morgan fingerprint density at radius 2 is 2.14 bits per heavy atom. The lowest BCUT2D eigenvalue weighted by molar-refractivity contribution is -0.143. The highest BCUT2D eigenvalue weighted by molar-refractivity contribution is 5.93. The van der Waals surface area contributed by atoms with E-state index in [1.54, 1.807) is 17.9 Å². The van der Waals surface area contributed by atoms with Crippen LogP contribution in [0.3, 0.4) is 0 Å². The average Bonchev–Trinajstić information content (AvgIpc) is 2.46. The van der Waals surface area contributed by atoms with E-state index in [0.717, 1.165) is 0 Å². The highest BCUT2D eigenvalue weighted by Gasteiger charge is 2.33. The molecule has 1 aromatic heterocycles. The second kappa shape index (κ2) is 5.92. The molecule has 6 heteroatoms. The van der Waals surface area contributed by atoms with Crippen molar-refractivity contribution in [2.45, 2.75) is 32.7 Å². The summed E-state index contributed by atoms with van der Waals surface area (Å²) in [4.78, 5) is 29.4. The molecule has 1 aliphatic heterocycles. The number of amides is 1. The van der Waals surface area contributed by atoms with E-state index in [1.807, 2.05) is 13.0 Å². The molecule has 21 heavy (non-hydrogen) atoms. The molecular weight excluding hydrogens is 270 g/mol. The molecule has 0 radical (unpaired) electrons. The number of pyridine rings is 1. The maximum Gasteiger partial charge on any atom is 0.308 e. The summed E-state index contributed by atoms with van der Waals surface area (Å²) >= 11 is 0. The molecular formula is C15H17N3O3. The molecule has 0 spiro atoms. The Bertz CT molecular complexity index is 621. The van der Waals surface area contributed by atoms with E-state index in [4.69, 9.17) is 10.4 Å². The number of hydrogen-bond donors (Lipinski definition) is 1. The lowest BCUT2D eigenvalue weighted by Crippen LogP contribution is -2.47. The number of nitrogens with zero attached hydrogens (tertiary/aromatic N) is 3. The van der Waals surface area contributed by atoms with E-state index < -0.39 is 11.9 Å². The summed E-state index contributed by atoms with van der Waals surface area (Å²) in [5, 5.41) is 18.0. The number of likely N-dealkylation sites (tertiary alicyclic amines) is 1. The second-order valence-corrected chi connectivity index (χ2v) is 5.36. The van der Waals surface area contributed by atoms with Gasteiger partial charge in [0.2, 0.25) is 0 Å². The number of piperidine rings is 1. The molecule has 0 bridgehead atoms. The van der Waals surface area contributed by atoms with Gasteiger partial charge >= 0.3 is 5.97 Å². The second-order valence-electron chi connectivity index (χ2n) is 5.36. The number of carboxylic acid groups (broad SMARTS) is 1. The van der Waals surface area contributed by atoms with Crippen molar-refractivity contribution >= 4 is 11.9 Å². The molecule has 1 saturated heterocycles. The van der Waals surface area contributed by atoms with Crippen LogP contribution in [0, 0.1) is 24.2 Å². The molecule has 2 rings (SSSR count). The Hall–Kier alpha value is -2.42. The third-order valence-corrected chi connectivity index (χ3v) is 3.92. The predicted molar refractivity (Wildman–Crippen MR) is 74.5 cm³/mol. The average molecular weight is 287 g/mol. The van der Waals surface area contributed by atoms with Gasteiger partial charge in [0.25, 0.3) is 5.91 Å². The molecule has 2 unspecified atom stereocenters. The van der Waals surface area contributed by atoms with E-state index in [9.17, 15) is 9.59 Å². The fourth-order valence-electron chi connectivity index (χ4n) is 2.54. The molecule has 0 saturated carbocycles. The van der Waals surface area contributed by atoms with Gasteiger partial charge in [0.05, 0.1) is 17.2 Å². The number of aryl methyl sites for hydroxylation is 1. The number of rotatable bonds is 2. The minimum absolute atomic E-state index is 0.00847. The van der Waals surface area contributed by atoms with Gasteiger partial charge in [0.1, 0.15) is 11.8 Å². The van der Waals surface area contributed by atoms with Crippen molar-refractivity contribution in [3.8, 4) is 6.07 Å². The Morgan fingerprint density at radius 3 is 2.71 bits per heavy atom. The highest BCUT2D eigenvalue weighted by Crippen LogP contribution is 2.23. The molecule has 1 fully saturated rings. The van der Waals surface area contributed by atoms with Crippen molar-refractivity contribution in [2.75, 3.05) is 6.54 Å². The van der Waals surface area contributed by atoms with Crippen molar-refractivity contribution < 1.29 is 14.7 Å². The number of aliphatic carboxylic acids is 1. The van der Waals surface area contributed by atoms with Gasteiger partial charge in [0.15, 0.2) is 0 Å². The van der Waals surface area contributed by atoms with Gasteiger partial charge in [-0.1, -0.05) is 0 Å². The maximum absolute atomic E-state index is 12.5. The van der Waals surface area contributed by atoms with Crippen LogP contribution < -0.4 is 0 Å². The van der Waals surface area contributed by atoms with Crippen molar-refractivity contribution in [3.63, 3.8) is 0 Å². The van der Waals surface area contributed by atoms with E-state index in [-0.39, 0.29) is 24.2 Å². The Kier molecular flexibility index (Phi) is 4.22. The van der Waals surface area contributed by atoms with Gasteiger partial charge in [-0.15, -0.1) is 0 Å². The molecule has 6 nitrogen and oxygen atoms in total. The maximum atomic E-state index is 12.5. The standard InChI is InChI=1S/C15H17N3O3/c1-9-3-4-12(15(20)21)8-18(9)14(19)13-6-5-11(7-16)10(2)17-13/h5-6,9,12H,3-4,8H2,1-2H3,(H,20,21). The van der Waals surface area contributed by atoms with Gasteiger partial charge < -0.3 is 10.0 Å². The first kappa shape index (κ1) is 15.0. The predicted octanol–water partition coefficient (Wildman–Crippen LogP) is 1.59. The van der Waals surface area contributed by atoms with Crippen LogP contribution in [0.15, 0.2) is 12.1 Å². The summed E-state index contributed by atoms with van der Waals surface area (Å²) in [6, 6.07) is 5.09. The van der Waals surface area contributed by atoms with Gasteiger partial charge in [-0.25, -0.2) is 4.98 Å². The minimum Gasteiger partial charge on any atom is -0.481 e. The van der Waals surface area contributed by atoms with Gasteiger partial charge in [-0.3, -0.25) is 9.59 Å².